The van der Waals surface area contributed by atoms with Crippen molar-refractivity contribution >= 4 is 11.8 Å². The Bertz CT molecular complexity index is 789. The Hall–Kier alpha value is -2.69. The van der Waals surface area contributed by atoms with Gasteiger partial charge in [0.05, 0.1) is 17.0 Å². The van der Waals surface area contributed by atoms with Gasteiger partial charge in [-0.1, -0.05) is 36.8 Å². The van der Waals surface area contributed by atoms with Crippen LogP contribution in [0.3, 0.4) is 0 Å². The first-order valence-corrected chi connectivity index (χ1v) is 9.74. The summed E-state index contributed by atoms with van der Waals surface area (Å²) in [5.74, 6) is 0.136. The Balaban J connectivity index is 1.51. The Labute approximate surface area is 160 Å². The van der Waals surface area contributed by atoms with Crippen molar-refractivity contribution in [2.45, 2.75) is 39.0 Å². The van der Waals surface area contributed by atoms with Gasteiger partial charge in [-0.15, -0.1) is 0 Å². The average molecular weight is 365 g/mol. The number of aryl methyl sites for hydroxylation is 1. The molecule has 0 spiro atoms. The van der Waals surface area contributed by atoms with Crippen LogP contribution >= 0.6 is 0 Å². The zero-order chi connectivity index (χ0) is 19.1. The molecule has 1 aliphatic heterocycles. The van der Waals surface area contributed by atoms with Crippen molar-refractivity contribution < 1.29 is 9.59 Å². The standard InChI is InChI=1S/C22H27N3O2/c1-17-19(12-13-20(24-17)18-9-4-2-5-10-18)22(27)23-14-8-16-25-15-7-3-6-11-21(25)26/h2,4-5,9-10,12-13H,3,6-8,11,14-16H2,1H3,(H,23,27). The maximum atomic E-state index is 12.5. The number of nitrogens with one attached hydrogen (secondary N) is 1. The van der Waals surface area contributed by atoms with Gasteiger partial charge in [0.2, 0.25) is 5.91 Å². The van der Waals surface area contributed by atoms with Gasteiger partial charge >= 0.3 is 0 Å². The minimum atomic E-state index is -0.109. The molecular formula is C22H27N3O2. The van der Waals surface area contributed by atoms with Gasteiger partial charge in [0, 0.05) is 31.6 Å². The van der Waals surface area contributed by atoms with Crippen molar-refractivity contribution in [1.82, 2.24) is 15.2 Å². The highest BCUT2D eigenvalue weighted by atomic mass is 16.2. The molecule has 5 nitrogen and oxygen atoms in total. The second-order valence-electron chi connectivity index (χ2n) is 7.00. The number of hydrogen-bond donors (Lipinski definition) is 1. The van der Waals surface area contributed by atoms with Gasteiger partial charge in [-0.25, -0.2) is 0 Å². The average Bonchev–Trinajstić information content (AvgIpc) is 2.90. The largest absolute Gasteiger partial charge is 0.352 e. The molecule has 0 bridgehead atoms. The third-order valence-electron chi connectivity index (χ3n) is 4.96. The molecule has 2 heterocycles. The van der Waals surface area contributed by atoms with Crippen molar-refractivity contribution in [3.8, 4) is 11.3 Å². The van der Waals surface area contributed by atoms with E-state index in [-0.39, 0.29) is 11.8 Å². The quantitative estimate of drug-likeness (QED) is 0.796. The normalized spacial score (nSPS) is 14.7. The molecule has 142 valence electrons. The second-order valence-corrected chi connectivity index (χ2v) is 7.00. The fraction of sp³-hybridized carbons (Fsp3) is 0.409. The topological polar surface area (TPSA) is 62.3 Å². The van der Waals surface area contributed by atoms with Crippen molar-refractivity contribution in [1.29, 1.82) is 0 Å². The molecule has 0 atom stereocenters. The molecule has 0 aliphatic carbocycles. The van der Waals surface area contributed by atoms with Gasteiger partial charge < -0.3 is 10.2 Å². The van der Waals surface area contributed by atoms with Gasteiger partial charge in [0.1, 0.15) is 0 Å². The van der Waals surface area contributed by atoms with Crippen LogP contribution in [-0.4, -0.2) is 41.3 Å². The number of nitrogens with zero attached hydrogens (tertiary/aromatic N) is 2. The summed E-state index contributed by atoms with van der Waals surface area (Å²) in [6, 6.07) is 13.6. The van der Waals surface area contributed by atoms with Crippen LogP contribution in [-0.2, 0) is 4.79 Å². The monoisotopic (exact) mass is 365 g/mol. The minimum Gasteiger partial charge on any atom is -0.352 e. The van der Waals surface area contributed by atoms with E-state index in [4.69, 9.17) is 0 Å². The van der Waals surface area contributed by atoms with Crippen LogP contribution < -0.4 is 5.32 Å². The van der Waals surface area contributed by atoms with E-state index in [1.165, 1.54) is 0 Å². The van der Waals surface area contributed by atoms with Crippen LogP contribution in [0.5, 0.6) is 0 Å². The van der Waals surface area contributed by atoms with Crippen LogP contribution in [0.4, 0.5) is 0 Å². The highest BCUT2D eigenvalue weighted by molar-refractivity contribution is 5.95. The molecule has 1 fully saturated rings. The maximum Gasteiger partial charge on any atom is 0.253 e. The SMILES string of the molecule is Cc1nc(-c2ccccc2)ccc1C(=O)NCCCN1CCCCCC1=O. The molecule has 1 N–H and O–H groups in total. The molecule has 0 saturated carbocycles. The number of carbonyl (C=O) groups excluding carboxylic acids is 2. The van der Waals surface area contributed by atoms with Crippen LogP contribution in [0.15, 0.2) is 42.5 Å². The molecule has 3 rings (SSSR count). The first-order chi connectivity index (χ1) is 13.1. The van der Waals surface area contributed by atoms with E-state index in [0.29, 0.717) is 25.1 Å². The number of amides is 2. The Morgan fingerprint density at radius 2 is 1.93 bits per heavy atom. The maximum absolute atomic E-state index is 12.5. The number of benzene rings is 1. The number of likely N-dealkylation sites (tertiary alicyclic amines) is 1. The first-order valence-electron chi connectivity index (χ1n) is 9.74. The molecule has 0 radical (unpaired) electrons. The van der Waals surface area contributed by atoms with E-state index in [1.54, 1.807) is 0 Å². The molecule has 2 amide bonds. The fourth-order valence-electron chi connectivity index (χ4n) is 3.41. The van der Waals surface area contributed by atoms with Gasteiger partial charge in [0.15, 0.2) is 0 Å². The number of carbonyl (C=O) groups is 2. The lowest BCUT2D eigenvalue weighted by atomic mass is 10.1. The first kappa shape index (κ1) is 19.1. The lowest BCUT2D eigenvalue weighted by Gasteiger charge is -2.20. The van der Waals surface area contributed by atoms with Gasteiger partial charge in [-0.2, -0.15) is 0 Å². The van der Waals surface area contributed by atoms with Crippen LogP contribution in [0, 0.1) is 6.92 Å². The van der Waals surface area contributed by atoms with E-state index in [0.717, 1.165) is 49.2 Å². The molecule has 0 unspecified atom stereocenters. The molecule has 27 heavy (non-hydrogen) atoms. The Kier molecular flexibility index (Phi) is 6.58. The van der Waals surface area contributed by atoms with E-state index >= 15 is 0 Å². The molecule has 1 aromatic carbocycles. The van der Waals surface area contributed by atoms with E-state index < -0.39 is 0 Å². The predicted octanol–water partition coefficient (Wildman–Crippen LogP) is 3.58. The van der Waals surface area contributed by atoms with Crippen molar-refractivity contribution in [2.75, 3.05) is 19.6 Å². The molecular weight excluding hydrogens is 338 g/mol. The number of rotatable bonds is 6. The van der Waals surface area contributed by atoms with Crippen molar-refractivity contribution in [3.63, 3.8) is 0 Å². The molecule has 1 aliphatic rings. The summed E-state index contributed by atoms with van der Waals surface area (Å²) in [5, 5.41) is 2.95. The summed E-state index contributed by atoms with van der Waals surface area (Å²) < 4.78 is 0. The Morgan fingerprint density at radius 3 is 2.70 bits per heavy atom. The van der Waals surface area contributed by atoms with Crippen LogP contribution in [0.25, 0.3) is 11.3 Å². The summed E-state index contributed by atoms with van der Waals surface area (Å²) >= 11 is 0. The molecule has 1 aromatic heterocycles. The summed E-state index contributed by atoms with van der Waals surface area (Å²) in [6.45, 7) is 3.97. The van der Waals surface area contributed by atoms with Gasteiger partial charge in [-0.05, 0) is 38.3 Å². The zero-order valence-corrected chi connectivity index (χ0v) is 15.9. The van der Waals surface area contributed by atoms with Gasteiger partial charge in [-0.3, -0.25) is 14.6 Å². The molecule has 1 saturated heterocycles. The number of hydrogen-bond acceptors (Lipinski definition) is 3. The summed E-state index contributed by atoms with van der Waals surface area (Å²) in [4.78, 5) is 30.9. The van der Waals surface area contributed by atoms with Crippen molar-refractivity contribution in [3.05, 3.63) is 53.7 Å². The third-order valence-corrected chi connectivity index (χ3v) is 4.96. The highest BCUT2D eigenvalue weighted by Crippen LogP contribution is 2.18. The smallest absolute Gasteiger partial charge is 0.253 e. The van der Waals surface area contributed by atoms with E-state index in [1.807, 2.05) is 54.3 Å². The van der Waals surface area contributed by atoms with E-state index in [9.17, 15) is 9.59 Å². The Morgan fingerprint density at radius 1 is 1.11 bits per heavy atom. The fourth-order valence-corrected chi connectivity index (χ4v) is 3.41. The number of pyridine rings is 1. The summed E-state index contributed by atoms with van der Waals surface area (Å²) in [7, 11) is 0. The third kappa shape index (κ3) is 5.16. The van der Waals surface area contributed by atoms with E-state index in [2.05, 4.69) is 10.3 Å². The molecule has 2 aromatic rings. The molecule has 5 heteroatoms. The summed E-state index contributed by atoms with van der Waals surface area (Å²) in [6.07, 6.45) is 4.63. The second kappa shape index (κ2) is 9.31. The van der Waals surface area contributed by atoms with Crippen molar-refractivity contribution in [2.24, 2.45) is 0 Å². The lowest BCUT2D eigenvalue weighted by molar-refractivity contribution is -0.130. The predicted molar refractivity (Wildman–Crippen MR) is 106 cm³/mol. The highest BCUT2D eigenvalue weighted by Gasteiger charge is 2.16. The van der Waals surface area contributed by atoms with Gasteiger partial charge in [0.25, 0.3) is 5.91 Å². The summed E-state index contributed by atoms with van der Waals surface area (Å²) in [5.41, 5.74) is 3.22. The lowest BCUT2D eigenvalue weighted by Crippen LogP contribution is -2.34. The minimum absolute atomic E-state index is 0.109. The zero-order valence-electron chi connectivity index (χ0n) is 15.9. The van der Waals surface area contributed by atoms with Crippen LogP contribution in [0.1, 0.15) is 48.2 Å². The van der Waals surface area contributed by atoms with Crippen LogP contribution in [0.2, 0.25) is 0 Å². The number of aromatic nitrogens is 1.